The molecular formula is C17H16FN3O4S. The Hall–Kier alpha value is -2.65. The van der Waals surface area contributed by atoms with E-state index >= 15 is 0 Å². The molecule has 0 spiro atoms. The molecule has 2 heterocycles. The average molecular weight is 377 g/mol. The van der Waals surface area contributed by atoms with Crippen LogP contribution in [0.4, 0.5) is 10.1 Å². The number of nitrogens with zero attached hydrogens (tertiary/aromatic N) is 2. The van der Waals surface area contributed by atoms with Crippen molar-refractivity contribution in [2.45, 2.75) is 4.90 Å². The molecule has 0 unspecified atom stereocenters. The zero-order chi connectivity index (χ0) is 18.3. The predicted octanol–water partition coefficient (Wildman–Crippen LogP) is 1.77. The van der Waals surface area contributed by atoms with Gasteiger partial charge in [-0.2, -0.15) is 4.31 Å². The number of anilines is 1. The highest BCUT2D eigenvalue weighted by molar-refractivity contribution is 7.89. The zero-order valence-corrected chi connectivity index (χ0v) is 14.5. The topological polar surface area (TPSA) is 86.6 Å². The summed E-state index contributed by atoms with van der Waals surface area (Å²) in [5.74, 6) is -0.953. The Morgan fingerprint density at radius 2 is 1.77 bits per heavy atom. The molecule has 0 amide bonds. The van der Waals surface area contributed by atoms with Gasteiger partial charge >= 0.3 is 5.76 Å². The largest absolute Gasteiger partial charge is 0.417 e. The number of benzene rings is 2. The third kappa shape index (κ3) is 2.89. The molecule has 0 radical (unpaired) electrons. The monoisotopic (exact) mass is 377 g/mol. The molecule has 1 saturated heterocycles. The van der Waals surface area contributed by atoms with Gasteiger partial charge in [-0.05, 0) is 30.3 Å². The average Bonchev–Trinajstić information content (AvgIpc) is 3.01. The van der Waals surface area contributed by atoms with Gasteiger partial charge < -0.3 is 9.32 Å². The van der Waals surface area contributed by atoms with Crippen LogP contribution in [0.2, 0.25) is 0 Å². The number of oxazole rings is 1. The Balaban J connectivity index is 1.55. The quantitative estimate of drug-likeness (QED) is 0.752. The van der Waals surface area contributed by atoms with Crippen LogP contribution in [-0.4, -0.2) is 43.9 Å². The summed E-state index contributed by atoms with van der Waals surface area (Å²) >= 11 is 0. The van der Waals surface area contributed by atoms with Gasteiger partial charge in [0.25, 0.3) is 0 Å². The van der Waals surface area contributed by atoms with Crippen LogP contribution in [-0.2, 0) is 10.0 Å². The minimum absolute atomic E-state index is 0.0846. The molecule has 0 bridgehead atoms. The molecule has 4 rings (SSSR count). The summed E-state index contributed by atoms with van der Waals surface area (Å²) in [4.78, 5) is 15.6. The van der Waals surface area contributed by atoms with Gasteiger partial charge in [-0.1, -0.05) is 12.1 Å². The molecule has 1 aromatic heterocycles. The van der Waals surface area contributed by atoms with E-state index in [1.807, 2.05) is 4.90 Å². The molecule has 0 saturated carbocycles. The number of aromatic amines is 1. The smallest absolute Gasteiger partial charge is 0.408 e. The van der Waals surface area contributed by atoms with E-state index in [1.54, 1.807) is 18.2 Å². The highest BCUT2D eigenvalue weighted by Crippen LogP contribution is 2.24. The number of fused-ring (bicyclic) bond motifs is 1. The number of sulfonamides is 1. The molecule has 7 nitrogen and oxygen atoms in total. The molecule has 26 heavy (non-hydrogen) atoms. The summed E-state index contributed by atoms with van der Waals surface area (Å²) in [6.45, 7) is 1.28. The Morgan fingerprint density at radius 1 is 1.04 bits per heavy atom. The summed E-state index contributed by atoms with van der Waals surface area (Å²) in [5, 5.41) is 0. The standard InChI is InChI=1S/C17H16FN3O4S/c18-13-3-1-2-4-15(13)20-7-9-21(10-8-20)26(23,24)12-5-6-16-14(11-12)19-17(22)25-16/h1-6,11H,7-10H2,(H,19,22). The molecular weight excluding hydrogens is 361 g/mol. The molecule has 1 aliphatic heterocycles. The lowest BCUT2D eigenvalue weighted by Crippen LogP contribution is -2.48. The van der Waals surface area contributed by atoms with Crippen molar-refractivity contribution in [1.29, 1.82) is 0 Å². The molecule has 3 aromatic rings. The van der Waals surface area contributed by atoms with E-state index < -0.39 is 15.8 Å². The van der Waals surface area contributed by atoms with Crippen LogP contribution in [0.3, 0.4) is 0 Å². The highest BCUT2D eigenvalue weighted by atomic mass is 32.2. The molecule has 1 fully saturated rings. The Kier molecular flexibility index (Phi) is 4.04. The fourth-order valence-corrected chi connectivity index (χ4v) is 4.57. The van der Waals surface area contributed by atoms with Crippen molar-refractivity contribution >= 4 is 26.8 Å². The van der Waals surface area contributed by atoms with Crippen LogP contribution in [0.1, 0.15) is 0 Å². The zero-order valence-electron chi connectivity index (χ0n) is 13.7. The van der Waals surface area contributed by atoms with Gasteiger partial charge in [0, 0.05) is 26.2 Å². The van der Waals surface area contributed by atoms with Crippen LogP contribution >= 0.6 is 0 Å². The second-order valence-corrected chi connectivity index (χ2v) is 7.95. The number of H-pyrrole nitrogens is 1. The molecule has 0 atom stereocenters. The maximum Gasteiger partial charge on any atom is 0.417 e. The summed E-state index contributed by atoms with van der Waals surface area (Å²) in [5.41, 5.74) is 1.11. The van der Waals surface area contributed by atoms with E-state index in [0.717, 1.165) is 0 Å². The first-order chi connectivity index (χ1) is 12.4. The van der Waals surface area contributed by atoms with Crippen molar-refractivity contribution in [3.8, 4) is 0 Å². The molecule has 2 aromatic carbocycles. The van der Waals surface area contributed by atoms with Gasteiger partial charge in [-0.25, -0.2) is 17.6 Å². The first-order valence-electron chi connectivity index (χ1n) is 8.08. The highest BCUT2D eigenvalue weighted by Gasteiger charge is 2.29. The minimum Gasteiger partial charge on any atom is -0.408 e. The Labute approximate surface area is 148 Å². The fourth-order valence-electron chi connectivity index (χ4n) is 3.12. The second kappa shape index (κ2) is 6.26. The summed E-state index contributed by atoms with van der Waals surface area (Å²) < 4.78 is 45.9. The van der Waals surface area contributed by atoms with Crippen molar-refractivity contribution in [1.82, 2.24) is 9.29 Å². The van der Waals surface area contributed by atoms with Gasteiger partial charge in [0.1, 0.15) is 5.82 Å². The molecule has 136 valence electrons. The van der Waals surface area contributed by atoms with Crippen LogP contribution in [0.25, 0.3) is 11.1 Å². The third-order valence-corrected chi connectivity index (χ3v) is 6.35. The summed E-state index contributed by atoms with van der Waals surface area (Å²) in [6.07, 6.45) is 0. The number of hydrogen-bond acceptors (Lipinski definition) is 5. The fraction of sp³-hybridized carbons (Fsp3) is 0.235. The number of halogens is 1. The van der Waals surface area contributed by atoms with Crippen molar-refractivity contribution in [2.75, 3.05) is 31.1 Å². The normalized spacial score (nSPS) is 16.3. The van der Waals surface area contributed by atoms with E-state index in [9.17, 15) is 17.6 Å². The first-order valence-corrected chi connectivity index (χ1v) is 9.52. The lowest BCUT2D eigenvalue weighted by Gasteiger charge is -2.35. The SMILES string of the molecule is O=c1[nH]c2cc(S(=O)(=O)N3CCN(c4ccccc4F)CC3)ccc2o1. The van der Waals surface area contributed by atoms with Crippen LogP contribution < -0.4 is 10.7 Å². The Bertz CT molecular complexity index is 1110. The van der Waals surface area contributed by atoms with E-state index in [1.165, 1.54) is 28.6 Å². The first kappa shape index (κ1) is 16.8. The second-order valence-electron chi connectivity index (χ2n) is 6.02. The minimum atomic E-state index is -3.71. The number of aromatic nitrogens is 1. The summed E-state index contributed by atoms with van der Waals surface area (Å²) in [6, 6.07) is 10.7. The van der Waals surface area contributed by atoms with Gasteiger partial charge in [0.2, 0.25) is 10.0 Å². The third-order valence-electron chi connectivity index (χ3n) is 4.46. The predicted molar refractivity (Wildman–Crippen MR) is 94.2 cm³/mol. The molecule has 1 N–H and O–H groups in total. The van der Waals surface area contributed by atoms with Crippen molar-refractivity contribution < 1.29 is 17.2 Å². The lowest BCUT2D eigenvalue weighted by atomic mass is 10.2. The van der Waals surface area contributed by atoms with E-state index in [0.29, 0.717) is 29.9 Å². The maximum absolute atomic E-state index is 13.9. The van der Waals surface area contributed by atoms with E-state index in [2.05, 4.69) is 4.98 Å². The number of piperazine rings is 1. The summed E-state index contributed by atoms with van der Waals surface area (Å²) in [7, 11) is -3.71. The molecule has 9 heteroatoms. The lowest BCUT2D eigenvalue weighted by molar-refractivity contribution is 0.383. The van der Waals surface area contributed by atoms with Crippen molar-refractivity contribution in [3.05, 3.63) is 58.8 Å². The van der Waals surface area contributed by atoms with Crippen LogP contribution in [0.15, 0.2) is 56.6 Å². The van der Waals surface area contributed by atoms with Gasteiger partial charge in [-0.3, -0.25) is 4.98 Å². The number of rotatable bonds is 3. The number of para-hydroxylation sites is 1. The molecule has 0 aliphatic carbocycles. The van der Waals surface area contributed by atoms with E-state index in [4.69, 9.17) is 4.42 Å². The van der Waals surface area contributed by atoms with Crippen molar-refractivity contribution in [3.63, 3.8) is 0 Å². The number of hydrogen-bond donors (Lipinski definition) is 1. The van der Waals surface area contributed by atoms with Gasteiger partial charge in [0.15, 0.2) is 5.58 Å². The van der Waals surface area contributed by atoms with Crippen LogP contribution in [0.5, 0.6) is 0 Å². The molecule has 1 aliphatic rings. The Morgan fingerprint density at radius 3 is 2.50 bits per heavy atom. The van der Waals surface area contributed by atoms with E-state index in [-0.39, 0.29) is 23.8 Å². The maximum atomic E-state index is 13.9. The van der Waals surface area contributed by atoms with Gasteiger partial charge in [-0.15, -0.1) is 0 Å². The van der Waals surface area contributed by atoms with Crippen LogP contribution in [0, 0.1) is 5.82 Å². The van der Waals surface area contributed by atoms with Gasteiger partial charge in [0.05, 0.1) is 16.1 Å². The number of nitrogens with one attached hydrogen (secondary N) is 1. The van der Waals surface area contributed by atoms with Crippen molar-refractivity contribution in [2.24, 2.45) is 0 Å².